The van der Waals surface area contributed by atoms with Crippen LogP contribution in [0.5, 0.6) is 0 Å². The first-order valence-corrected chi connectivity index (χ1v) is 8.73. The van der Waals surface area contributed by atoms with Crippen LogP contribution in [0.3, 0.4) is 0 Å². The molecule has 122 valence electrons. The Bertz CT molecular complexity index is 676. The summed E-state index contributed by atoms with van der Waals surface area (Å²) in [5, 5.41) is 6.91. The molecule has 0 aliphatic carbocycles. The quantitative estimate of drug-likeness (QED) is 0.721. The molecule has 23 heavy (non-hydrogen) atoms. The van der Waals surface area contributed by atoms with E-state index in [-0.39, 0.29) is 5.91 Å². The number of anilines is 1. The number of halogens is 2. The first-order valence-electron chi connectivity index (χ1n) is 7.56. The van der Waals surface area contributed by atoms with Gasteiger partial charge in [0.15, 0.2) is 0 Å². The lowest BCUT2D eigenvalue weighted by atomic mass is 10.1. The highest BCUT2D eigenvalue weighted by Gasteiger charge is 2.03. The van der Waals surface area contributed by atoms with Crippen LogP contribution in [-0.2, 0) is 11.2 Å². The first-order chi connectivity index (χ1) is 11.0. The zero-order chi connectivity index (χ0) is 16.7. The van der Waals surface area contributed by atoms with Crippen molar-refractivity contribution in [3.05, 3.63) is 63.1 Å². The Morgan fingerprint density at radius 2 is 2.00 bits per heavy atom. The van der Waals surface area contributed by atoms with Crippen molar-refractivity contribution in [3.63, 3.8) is 0 Å². The molecule has 0 radical (unpaired) electrons. The van der Waals surface area contributed by atoms with Crippen molar-refractivity contribution in [2.24, 2.45) is 0 Å². The van der Waals surface area contributed by atoms with Gasteiger partial charge in [-0.15, -0.1) is 0 Å². The SMILES string of the molecule is Cc1ccc(NCCC(=O)NCCc2cccc(Cl)c2)c(Br)c1. The van der Waals surface area contributed by atoms with Crippen molar-refractivity contribution < 1.29 is 4.79 Å². The molecule has 0 saturated heterocycles. The van der Waals surface area contributed by atoms with Crippen LogP contribution in [0.15, 0.2) is 46.9 Å². The summed E-state index contributed by atoms with van der Waals surface area (Å²) in [7, 11) is 0. The zero-order valence-corrected chi connectivity index (χ0v) is 15.4. The molecule has 0 aromatic heterocycles. The third-order valence-corrected chi connectivity index (χ3v) is 4.31. The summed E-state index contributed by atoms with van der Waals surface area (Å²) in [4.78, 5) is 11.8. The van der Waals surface area contributed by atoms with E-state index in [1.54, 1.807) is 0 Å². The van der Waals surface area contributed by atoms with Gasteiger partial charge in [-0.2, -0.15) is 0 Å². The molecule has 2 aromatic carbocycles. The Labute approximate surface area is 150 Å². The van der Waals surface area contributed by atoms with Crippen LogP contribution >= 0.6 is 27.5 Å². The minimum atomic E-state index is 0.0442. The van der Waals surface area contributed by atoms with E-state index in [1.165, 1.54) is 5.56 Å². The Hall–Kier alpha value is -1.52. The van der Waals surface area contributed by atoms with E-state index < -0.39 is 0 Å². The van der Waals surface area contributed by atoms with Gasteiger partial charge in [0.05, 0.1) is 0 Å². The molecule has 2 aromatic rings. The second-order valence-corrected chi connectivity index (χ2v) is 6.68. The molecule has 2 rings (SSSR count). The van der Waals surface area contributed by atoms with Gasteiger partial charge in [-0.3, -0.25) is 4.79 Å². The lowest BCUT2D eigenvalue weighted by Gasteiger charge is -2.10. The van der Waals surface area contributed by atoms with Gasteiger partial charge in [0.25, 0.3) is 0 Å². The fourth-order valence-corrected chi connectivity index (χ4v) is 3.05. The molecule has 0 unspecified atom stereocenters. The number of nitrogens with one attached hydrogen (secondary N) is 2. The Morgan fingerprint density at radius 3 is 2.74 bits per heavy atom. The number of amides is 1. The molecule has 0 spiro atoms. The molecule has 0 aliphatic rings. The highest BCUT2D eigenvalue weighted by atomic mass is 79.9. The van der Waals surface area contributed by atoms with Crippen LogP contribution in [0, 0.1) is 6.92 Å². The van der Waals surface area contributed by atoms with Crippen LogP contribution < -0.4 is 10.6 Å². The second-order valence-electron chi connectivity index (χ2n) is 5.39. The van der Waals surface area contributed by atoms with Crippen molar-refractivity contribution in [1.82, 2.24) is 5.32 Å². The van der Waals surface area contributed by atoms with Gasteiger partial charge < -0.3 is 10.6 Å². The molecule has 1 amide bonds. The van der Waals surface area contributed by atoms with Gasteiger partial charge in [-0.25, -0.2) is 0 Å². The standard InChI is InChI=1S/C18H20BrClN2O/c1-13-5-6-17(16(19)11-13)21-10-8-18(23)22-9-7-14-3-2-4-15(20)12-14/h2-6,11-12,21H,7-10H2,1H3,(H,22,23). The van der Waals surface area contributed by atoms with Crippen molar-refractivity contribution in [2.45, 2.75) is 19.8 Å². The minimum absolute atomic E-state index is 0.0442. The van der Waals surface area contributed by atoms with E-state index in [0.29, 0.717) is 19.5 Å². The molecule has 0 atom stereocenters. The van der Waals surface area contributed by atoms with Gasteiger partial charge in [0.1, 0.15) is 0 Å². The van der Waals surface area contributed by atoms with E-state index >= 15 is 0 Å². The molecule has 0 bridgehead atoms. The number of rotatable bonds is 7. The summed E-state index contributed by atoms with van der Waals surface area (Å²) in [6, 6.07) is 13.8. The zero-order valence-electron chi connectivity index (χ0n) is 13.0. The molecule has 2 N–H and O–H groups in total. The van der Waals surface area contributed by atoms with E-state index in [1.807, 2.05) is 49.4 Å². The van der Waals surface area contributed by atoms with Gasteiger partial charge in [-0.1, -0.05) is 29.8 Å². The van der Waals surface area contributed by atoms with Crippen LogP contribution in [0.25, 0.3) is 0 Å². The smallest absolute Gasteiger partial charge is 0.221 e. The molecule has 0 fully saturated rings. The fraction of sp³-hybridized carbons (Fsp3) is 0.278. The Morgan fingerprint density at radius 1 is 1.17 bits per heavy atom. The summed E-state index contributed by atoms with van der Waals surface area (Å²) >= 11 is 9.45. The van der Waals surface area contributed by atoms with Gasteiger partial charge in [0.2, 0.25) is 5.91 Å². The molecule has 0 heterocycles. The fourth-order valence-electron chi connectivity index (χ4n) is 2.20. The number of hydrogen-bond donors (Lipinski definition) is 2. The summed E-state index contributed by atoms with van der Waals surface area (Å²) in [5.74, 6) is 0.0442. The summed E-state index contributed by atoms with van der Waals surface area (Å²) in [6.07, 6.45) is 1.22. The second kappa shape index (κ2) is 8.94. The van der Waals surface area contributed by atoms with Crippen LogP contribution in [0.4, 0.5) is 5.69 Å². The maximum atomic E-state index is 11.8. The van der Waals surface area contributed by atoms with E-state index in [0.717, 1.165) is 27.2 Å². The van der Waals surface area contributed by atoms with Gasteiger partial charge in [-0.05, 0) is 64.7 Å². The largest absolute Gasteiger partial charge is 0.384 e. The number of benzene rings is 2. The Kier molecular flexibility index (Phi) is 6.93. The highest BCUT2D eigenvalue weighted by Crippen LogP contribution is 2.23. The third kappa shape index (κ3) is 6.24. The number of carbonyl (C=O) groups excluding carboxylic acids is 1. The van der Waals surface area contributed by atoms with Crippen LogP contribution in [-0.4, -0.2) is 19.0 Å². The third-order valence-electron chi connectivity index (χ3n) is 3.42. The maximum absolute atomic E-state index is 11.8. The maximum Gasteiger partial charge on any atom is 0.221 e. The highest BCUT2D eigenvalue weighted by molar-refractivity contribution is 9.10. The Balaban J connectivity index is 1.67. The molecular weight excluding hydrogens is 376 g/mol. The monoisotopic (exact) mass is 394 g/mol. The van der Waals surface area contributed by atoms with E-state index in [2.05, 4.69) is 26.6 Å². The lowest BCUT2D eigenvalue weighted by molar-refractivity contribution is -0.120. The number of carbonyl (C=O) groups is 1. The summed E-state index contributed by atoms with van der Waals surface area (Å²) in [5.41, 5.74) is 3.32. The lowest BCUT2D eigenvalue weighted by Crippen LogP contribution is -2.27. The predicted octanol–water partition coefficient (Wildman–Crippen LogP) is 4.57. The normalized spacial score (nSPS) is 10.4. The molecule has 3 nitrogen and oxygen atoms in total. The predicted molar refractivity (Wildman–Crippen MR) is 100 cm³/mol. The van der Waals surface area contributed by atoms with Crippen molar-refractivity contribution in [2.75, 3.05) is 18.4 Å². The summed E-state index contributed by atoms with van der Waals surface area (Å²) in [6.45, 7) is 3.26. The molecule has 5 heteroatoms. The topological polar surface area (TPSA) is 41.1 Å². The van der Waals surface area contributed by atoms with Gasteiger partial charge >= 0.3 is 0 Å². The van der Waals surface area contributed by atoms with E-state index in [4.69, 9.17) is 11.6 Å². The minimum Gasteiger partial charge on any atom is -0.384 e. The number of hydrogen-bond acceptors (Lipinski definition) is 2. The molecule has 0 saturated carbocycles. The number of aryl methyl sites for hydroxylation is 1. The van der Waals surface area contributed by atoms with Gasteiger partial charge in [0, 0.05) is 34.7 Å². The van der Waals surface area contributed by atoms with Crippen LogP contribution in [0.1, 0.15) is 17.5 Å². The average Bonchev–Trinajstić information content (AvgIpc) is 2.49. The van der Waals surface area contributed by atoms with Crippen molar-refractivity contribution in [3.8, 4) is 0 Å². The summed E-state index contributed by atoms with van der Waals surface area (Å²) < 4.78 is 1.01. The molecular formula is C18H20BrClN2O. The van der Waals surface area contributed by atoms with Crippen molar-refractivity contribution >= 4 is 39.1 Å². The van der Waals surface area contributed by atoms with Crippen LogP contribution in [0.2, 0.25) is 5.02 Å². The first kappa shape index (κ1) is 17.8. The average molecular weight is 396 g/mol. The molecule has 0 aliphatic heterocycles. The van der Waals surface area contributed by atoms with Crippen molar-refractivity contribution in [1.29, 1.82) is 0 Å². The van der Waals surface area contributed by atoms with E-state index in [9.17, 15) is 4.79 Å².